The zero-order chi connectivity index (χ0) is 11.4. The first kappa shape index (κ1) is 13.9. The Morgan fingerprint density at radius 3 is 2.47 bits per heavy atom. The largest absolute Gasteiger partial charge is 0.264 e. The van der Waals surface area contributed by atoms with E-state index in [0.717, 1.165) is 6.42 Å². The molecule has 0 spiro atoms. The highest BCUT2D eigenvalue weighted by molar-refractivity contribution is 5.70. The third kappa shape index (κ3) is 9.20. The van der Waals surface area contributed by atoms with Crippen LogP contribution in [0.3, 0.4) is 0 Å². The van der Waals surface area contributed by atoms with Gasteiger partial charge in [-0.15, -0.1) is 0 Å². The van der Waals surface area contributed by atoms with Gasteiger partial charge in [0.25, 0.3) is 0 Å². The fraction of sp³-hybridized carbons (Fsp3) is 0.500. The molecule has 0 saturated carbocycles. The van der Waals surface area contributed by atoms with Crippen LogP contribution in [0.5, 0.6) is 0 Å². The maximum absolute atomic E-state index is 4.10. The predicted octanol–water partition coefficient (Wildman–Crippen LogP) is 4.67. The SMILES string of the molecule is C=C/C=N\C=C(/C=C)CCCCCCC. The minimum Gasteiger partial charge on any atom is -0.264 e. The number of rotatable bonds is 9. The Kier molecular flexibility index (Phi) is 10.2. The average molecular weight is 205 g/mol. The van der Waals surface area contributed by atoms with Crippen molar-refractivity contribution in [1.29, 1.82) is 0 Å². The molecule has 0 aliphatic rings. The van der Waals surface area contributed by atoms with Crippen LogP contribution < -0.4 is 0 Å². The molecule has 1 nitrogen and oxygen atoms in total. The molecule has 0 aliphatic heterocycles. The number of unbranched alkanes of at least 4 members (excludes halogenated alkanes) is 4. The van der Waals surface area contributed by atoms with Crippen molar-refractivity contribution in [3.8, 4) is 0 Å². The minimum absolute atomic E-state index is 1.09. The van der Waals surface area contributed by atoms with Crippen molar-refractivity contribution in [3.63, 3.8) is 0 Å². The average Bonchev–Trinajstić information content (AvgIpc) is 2.26. The zero-order valence-electron chi connectivity index (χ0n) is 9.91. The zero-order valence-corrected chi connectivity index (χ0v) is 9.91. The van der Waals surface area contributed by atoms with Gasteiger partial charge in [-0.05, 0) is 18.4 Å². The first-order valence-corrected chi connectivity index (χ1v) is 5.80. The van der Waals surface area contributed by atoms with E-state index in [9.17, 15) is 0 Å². The van der Waals surface area contributed by atoms with E-state index in [0.29, 0.717) is 0 Å². The van der Waals surface area contributed by atoms with Gasteiger partial charge in [-0.3, -0.25) is 4.99 Å². The highest BCUT2D eigenvalue weighted by Crippen LogP contribution is 2.11. The molecule has 0 atom stereocenters. The number of hydrogen-bond acceptors (Lipinski definition) is 1. The Labute approximate surface area is 94.3 Å². The predicted molar refractivity (Wildman–Crippen MR) is 70.3 cm³/mol. The molecular formula is C14H23N. The topological polar surface area (TPSA) is 12.4 Å². The van der Waals surface area contributed by atoms with Crippen molar-refractivity contribution in [2.45, 2.75) is 45.4 Å². The van der Waals surface area contributed by atoms with E-state index >= 15 is 0 Å². The molecule has 0 unspecified atom stereocenters. The molecule has 84 valence electrons. The Balaban J connectivity index is 3.70. The molecule has 0 N–H and O–H groups in total. The molecule has 0 heterocycles. The van der Waals surface area contributed by atoms with E-state index in [1.165, 1.54) is 37.7 Å². The van der Waals surface area contributed by atoms with Crippen molar-refractivity contribution in [2.75, 3.05) is 0 Å². The van der Waals surface area contributed by atoms with Gasteiger partial charge in [-0.1, -0.05) is 57.9 Å². The highest BCUT2D eigenvalue weighted by Gasteiger charge is 1.92. The van der Waals surface area contributed by atoms with Crippen LogP contribution in [0.1, 0.15) is 45.4 Å². The maximum Gasteiger partial charge on any atom is 0.0299 e. The van der Waals surface area contributed by atoms with Gasteiger partial charge >= 0.3 is 0 Å². The first-order valence-electron chi connectivity index (χ1n) is 5.80. The van der Waals surface area contributed by atoms with Crippen LogP contribution in [0.2, 0.25) is 0 Å². The molecule has 0 rings (SSSR count). The van der Waals surface area contributed by atoms with E-state index in [4.69, 9.17) is 0 Å². The Hall–Kier alpha value is -1.11. The van der Waals surface area contributed by atoms with Crippen molar-refractivity contribution in [1.82, 2.24) is 0 Å². The van der Waals surface area contributed by atoms with Gasteiger partial charge in [0.15, 0.2) is 0 Å². The summed E-state index contributed by atoms with van der Waals surface area (Å²) in [5.41, 5.74) is 1.21. The van der Waals surface area contributed by atoms with E-state index < -0.39 is 0 Å². The number of allylic oxidation sites excluding steroid dienone is 3. The number of nitrogens with zero attached hydrogens (tertiary/aromatic N) is 1. The van der Waals surface area contributed by atoms with Gasteiger partial charge in [0.1, 0.15) is 0 Å². The summed E-state index contributed by atoms with van der Waals surface area (Å²) < 4.78 is 0. The van der Waals surface area contributed by atoms with E-state index in [1.54, 1.807) is 12.3 Å². The van der Waals surface area contributed by atoms with Crippen LogP contribution >= 0.6 is 0 Å². The lowest BCUT2D eigenvalue weighted by Gasteiger charge is -2.00. The van der Waals surface area contributed by atoms with Gasteiger partial charge in [-0.25, -0.2) is 0 Å². The molecule has 0 aromatic carbocycles. The summed E-state index contributed by atoms with van der Waals surface area (Å²) in [6.07, 6.45) is 14.8. The first-order chi connectivity index (χ1) is 7.35. The molecule has 0 amide bonds. The van der Waals surface area contributed by atoms with E-state index in [1.807, 2.05) is 12.3 Å². The van der Waals surface area contributed by atoms with Crippen molar-refractivity contribution in [3.05, 3.63) is 37.1 Å². The number of aliphatic imine (C=N–C) groups is 1. The van der Waals surface area contributed by atoms with Crippen LogP contribution in [-0.2, 0) is 0 Å². The molecule has 0 radical (unpaired) electrons. The molecular weight excluding hydrogens is 182 g/mol. The summed E-state index contributed by atoms with van der Waals surface area (Å²) in [5.74, 6) is 0. The van der Waals surface area contributed by atoms with Crippen LogP contribution in [0, 0.1) is 0 Å². The Morgan fingerprint density at radius 1 is 1.13 bits per heavy atom. The normalized spacial score (nSPS) is 11.9. The summed E-state index contributed by atoms with van der Waals surface area (Å²) in [4.78, 5) is 4.10. The van der Waals surface area contributed by atoms with Crippen LogP contribution in [0.25, 0.3) is 0 Å². The Morgan fingerprint density at radius 2 is 1.87 bits per heavy atom. The molecule has 0 fully saturated rings. The minimum atomic E-state index is 1.09. The van der Waals surface area contributed by atoms with Gasteiger partial charge in [-0.2, -0.15) is 0 Å². The molecule has 0 aromatic rings. The quantitative estimate of drug-likeness (QED) is 0.294. The van der Waals surface area contributed by atoms with Gasteiger partial charge in [0, 0.05) is 12.4 Å². The second-order valence-corrected chi connectivity index (χ2v) is 3.61. The van der Waals surface area contributed by atoms with Crippen LogP contribution in [0.4, 0.5) is 0 Å². The van der Waals surface area contributed by atoms with Crippen molar-refractivity contribution in [2.24, 2.45) is 4.99 Å². The third-order valence-corrected chi connectivity index (χ3v) is 2.26. The van der Waals surface area contributed by atoms with Gasteiger partial charge in [0.05, 0.1) is 0 Å². The highest BCUT2D eigenvalue weighted by atomic mass is 14.7. The summed E-state index contributed by atoms with van der Waals surface area (Å²) in [6.45, 7) is 9.60. The molecule has 0 aromatic heterocycles. The monoisotopic (exact) mass is 205 g/mol. The molecule has 15 heavy (non-hydrogen) atoms. The summed E-state index contributed by atoms with van der Waals surface area (Å²) >= 11 is 0. The van der Waals surface area contributed by atoms with Crippen molar-refractivity contribution >= 4 is 6.21 Å². The lowest BCUT2D eigenvalue weighted by atomic mass is 10.1. The van der Waals surface area contributed by atoms with Crippen LogP contribution in [0.15, 0.2) is 42.1 Å². The number of hydrogen-bond donors (Lipinski definition) is 0. The maximum atomic E-state index is 4.10. The Bertz CT molecular complexity index is 223. The van der Waals surface area contributed by atoms with Crippen molar-refractivity contribution < 1.29 is 0 Å². The lowest BCUT2D eigenvalue weighted by molar-refractivity contribution is 0.633. The summed E-state index contributed by atoms with van der Waals surface area (Å²) in [7, 11) is 0. The summed E-state index contributed by atoms with van der Waals surface area (Å²) in [6, 6.07) is 0. The molecule has 1 heteroatoms. The van der Waals surface area contributed by atoms with E-state index in [2.05, 4.69) is 25.1 Å². The van der Waals surface area contributed by atoms with Crippen LogP contribution in [-0.4, -0.2) is 6.21 Å². The third-order valence-electron chi connectivity index (χ3n) is 2.26. The smallest absolute Gasteiger partial charge is 0.0299 e. The molecule has 0 saturated heterocycles. The second kappa shape index (κ2) is 11.0. The fourth-order valence-electron chi connectivity index (χ4n) is 1.35. The second-order valence-electron chi connectivity index (χ2n) is 3.61. The summed E-state index contributed by atoms with van der Waals surface area (Å²) in [5, 5.41) is 0. The fourth-order valence-corrected chi connectivity index (χ4v) is 1.35. The van der Waals surface area contributed by atoms with E-state index in [-0.39, 0.29) is 0 Å². The lowest BCUT2D eigenvalue weighted by Crippen LogP contribution is -1.81. The van der Waals surface area contributed by atoms with Gasteiger partial charge < -0.3 is 0 Å². The standard InChI is InChI=1S/C14H23N/c1-4-7-8-9-10-11-14(6-3)13-15-12-5-2/h5-6,12-13H,2-4,7-11H2,1H3/b14-13+,15-12-. The molecule has 0 bridgehead atoms. The van der Waals surface area contributed by atoms with Gasteiger partial charge in [0.2, 0.25) is 0 Å². The molecule has 0 aliphatic carbocycles.